The molecule has 5 unspecified atom stereocenters. The fourth-order valence-electron chi connectivity index (χ4n) is 5.16. The molecule has 5 atom stereocenters. The van der Waals surface area contributed by atoms with E-state index in [0.29, 0.717) is 11.8 Å². The molecule has 2 bridgehead atoms. The van der Waals surface area contributed by atoms with Crippen molar-refractivity contribution in [1.29, 1.82) is 0 Å². The Hall–Kier alpha value is -1.84. The van der Waals surface area contributed by atoms with Gasteiger partial charge in [0, 0.05) is 12.5 Å². The Morgan fingerprint density at radius 1 is 1.17 bits per heavy atom. The van der Waals surface area contributed by atoms with Crippen molar-refractivity contribution in [3.05, 3.63) is 35.9 Å². The monoisotopic (exact) mass is 313 g/mol. The van der Waals surface area contributed by atoms with Gasteiger partial charge in [-0.2, -0.15) is 0 Å². The van der Waals surface area contributed by atoms with Gasteiger partial charge in [-0.05, 0) is 55.4 Å². The molecule has 4 rings (SSSR count). The first-order chi connectivity index (χ1) is 11.0. The molecule has 1 amide bonds. The number of carbonyl (C=O) groups excluding carboxylic acids is 1. The van der Waals surface area contributed by atoms with Gasteiger partial charge in [-0.3, -0.25) is 9.59 Å². The van der Waals surface area contributed by atoms with Crippen LogP contribution in [-0.2, 0) is 15.0 Å². The van der Waals surface area contributed by atoms with Crippen molar-refractivity contribution in [3.63, 3.8) is 0 Å². The Morgan fingerprint density at radius 2 is 1.78 bits per heavy atom. The van der Waals surface area contributed by atoms with Crippen molar-refractivity contribution >= 4 is 11.9 Å². The molecule has 2 N–H and O–H groups in total. The van der Waals surface area contributed by atoms with Crippen molar-refractivity contribution in [2.45, 2.75) is 31.6 Å². The summed E-state index contributed by atoms with van der Waals surface area (Å²) in [5.41, 5.74) is -0.358. The predicted molar refractivity (Wildman–Crippen MR) is 85.7 cm³/mol. The summed E-state index contributed by atoms with van der Waals surface area (Å²) >= 11 is 0. The third-order valence-electron chi connectivity index (χ3n) is 6.54. The van der Waals surface area contributed by atoms with Gasteiger partial charge >= 0.3 is 5.97 Å². The first-order valence-electron chi connectivity index (χ1n) is 8.59. The van der Waals surface area contributed by atoms with E-state index in [4.69, 9.17) is 0 Å². The SMILES string of the molecule is CC(CNC(=O)C1C2C3CCC(C3)C12)(C(=O)O)c1ccccc1. The second kappa shape index (κ2) is 5.08. The van der Waals surface area contributed by atoms with Gasteiger partial charge in [0.25, 0.3) is 0 Å². The minimum Gasteiger partial charge on any atom is -0.481 e. The summed E-state index contributed by atoms with van der Waals surface area (Å²) in [6.45, 7) is 1.83. The van der Waals surface area contributed by atoms with Crippen LogP contribution in [0.3, 0.4) is 0 Å². The standard InChI is InChI=1S/C19H23NO3/c1-19(18(22)23,13-5-3-2-4-6-13)10-20-17(21)16-14-11-7-8-12(9-11)15(14)16/h2-6,11-12,14-16H,7-10H2,1H3,(H,20,21)(H,22,23). The Labute approximate surface area is 136 Å². The smallest absolute Gasteiger partial charge is 0.315 e. The summed E-state index contributed by atoms with van der Waals surface area (Å²) in [4.78, 5) is 24.3. The molecule has 122 valence electrons. The lowest BCUT2D eigenvalue weighted by Crippen LogP contribution is -2.45. The fraction of sp³-hybridized carbons (Fsp3) is 0.579. The van der Waals surface area contributed by atoms with Crippen LogP contribution in [0.1, 0.15) is 31.7 Å². The summed E-state index contributed by atoms with van der Waals surface area (Å²) in [6, 6.07) is 9.16. The van der Waals surface area contributed by atoms with Crippen LogP contribution in [0.2, 0.25) is 0 Å². The minimum absolute atomic E-state index is 0.0695. The van der Waals surface area contributed by atoms with Crippen LogP contribution in [0.5, 0.6) is 0 Å². The second-order valence-electron chi connectivity index (χ2n) is 7.73. The highest BCUT2D eigenvalue weighted by Gasteiger charge is 2.67. The van der Waals surface area contributed by atoms with Crippen molar-refractivity contribution in [2.75, 3.05) is 6.54 Å². The van der Waals surface area contributed by atoms with Crippen LogP contribution in [0.25, 0.3) is 0 Å². The van der Waals surface area contributed by atoms with Crippen molar-refractivity contribution in [3.8, 4) is 0 Å². The number of nitrogens with one attached hydrogen (secondary N) is 1. The lowest BCUT2D eigenvalue weighted by atomic mass is 9.82. The van der Waals surface area contributed by atoms with Gasteiger partial charge in [-0.25, -0.2) is 0 Å². The Kier molecular flexibility index (Phi) is 3.26. The number of carboxylic acids is 1. The highest BCUT2D eigenvalue weighted by atomic mass is 16.4. The number of fused-ring (bicyclic) bond motifs is 5. The van der Waals surface area contributed by atoms with Gasteiger partial charge in [0.15, 0.2) is 0 Å². The number of hydrogen-bond donors (Lipinski definition) is 2. The van der Waals surface area contributed by atoms with Gasteiger partial charge in [-0.1, -0.05) is 30.3 Å². The van der Waals surface area contributed by atoms with Gasteiger partial charge in [0.2, 0.25) is 5.91 Å². The highest BCUT2D eigenvalue weighted by molar-refractivity contribution is 5.85. The van der Waals surface area contributed by atoms with Crippen LogP contribution in [0.4, 0.5) is 0 Å². The molecular weight excluding hydrogens is 290 g/mol. The number of carboxylic acid groups (broad SMARTS) is 1. The molecule has 4 nitrogen and oxygen atoms in total. The summed E-state index contributed by atoms with van der Waals surface area (Å²) in [7, 11) is 0. The van der Waals surface area contributed by atoms with Crippen molar-refractivity contribution in [2.24, 2.45) is 29.6 Å². The van der Waals surface area contributed by atoms with E-state index in [9.17, 15) is 14.7 Å². The Morgan fingerprint density at radius 3 is 2.35 bits per heavy atom. The van der Waals surface area contributed by atoms with Crippen molar-refractivity contribution in [1.82, 2.24) is 5.32 Å². The molecule has 0 aromatic heterocycles. The molecule has 1 aromatic rings. The highest BCUT2D eigenvalue weighted by Crippen LogP contribution is 2.69. The average Bonchev–Trinajstić information content (AvgIpc) is 3.00. The quantitative estimate of drug-likeness (QED) is 0.877. The number of amides is 1. The maximum atomic E-state index is 12.5. The molecule has 0 radical (unpaired) electrons. The zero-order valence-electron chi connectivity index (χ0n) is 13.4. The topological polar surface area (TPSA) is 66.4 Å². The van der Waals surface area contributed by atoms with E-state index >= 15 is 0 Å². The third kappa shape index (κ3) is 2.19. The van der Waals surface area contributed by atoms with E-state index < -0.39 is 11.4 Å². The zero-order chi connectivity index (χ0) is 16.2. The maximum Gasteiger partial charge on any atom is 0.315 e. The number of benzene rings is 1. The zero-order valence-corrected chi connectivity index (χ0v) is 13.4. The molecular formula is C19H23NO3. The largest absolute Gasteiger partial charge is 0.481 e. The Bertz CT molecular complexity index is 627. The molecule has 0 aliphatic heterocycles. The van der Waals surface area contributed by atoms with E-state index in [0.717, 1.165) is 17.4 Å². The van der Waals surface area contributed by atoms with Gasteiger partial charge in [0.1, 0.15) is 5.41 Å². The van der Waals surface area contributed by atoms with E-state index in [-0.39, 0.29) is 18.4 Å². The van der Waals surface area contributed by atoms with Gasteiger partial charge in [0.05, 0.1) is 0 Å². The molecule has 0 spiro atoms. The minimum atomic E-state index is -1.08. The number of carbonyl (C=O) groups is 2. The molecule has 3 aliphatic rings. The van der Waals surface area contributed by atoms with Gasteiger partial charge in [-0.15, -0.1) is 0 Å². The fourth-order valence-corrected chi connectivity index (χ4v) is 5.16. The van der Waals surface area contributed by atoms with E-state index in [1.54, 1.807) is 6.92 Å². The number of rotatable bonds is 5. The average molecular weight is 313 g/mol. The second-order valence-corrected chi connectivity index (χ2v) is 7.73. The number of aliphatic carboxylic acids is 1. The molecule has 0 saturated heterocycles. The third-order valence-corrected chi connectivity index (χ3v) is 6.54. The first-order valence-corrected chi connectivity index (χ1v) is 8.59. The van der Waals surface area contributed by atoms with E-state index in [1.807, 2.05) is 30.3 Å². The molecule has 4 heteroatoms. The first kappa shape index (κ1) is 14.7. The van der Waals surface area contributed by atoms with E-state index in [2.05, 4.69) is 5.32 Å². The summed E-state index contributed by atoms with van der Waals surface area (Å²) in [6.07, 6.45) is 3.88. The van der Waals surface area contributed by atoms with Crippen LogP contribution in [0.15, 0.2) is 30.3 Å². The van der Waals surface area contributed by atoms with Gasteiger partial charge < -0.3 is 10.4 Å². The lowest BCUT2D eigenvalue weighted by Gasteiger charge is -2.26. The molecule has 3 saturated carbocycles. The summed E-state index contributed by atoms with van der Waals surface area (Å²) in [5.74, 6) is 1.99. The van der Waals surface area contributed by atoms with Crippen LogP contribution in [0, 0.1) is 29.6 Å². The van der Waals surface area contributed by atoms with Crippen molar-refractivity contribution < 1.29 is 14.7 Å². The molecule has 3 fully saturated rings. The van der Waals surface area contributed by atoms with Crippen LogP contribution in [-0.4, -0.2) is 23.5 Å². The summed E-state index contributed by atoms with van der Waals surface area (Å²) in [5, 5.41) is 12.6. The maximum absolute atomic E-state index is 12.5. The lowest BCUT2D eigenvalue weighted by molar-refractivity contribution is -0.143. The molecule has 1 aromatic carbocycles. The van der Waals surface area contributed by atoms with E-state index in [1.165, 1.54) is 19.3 Å². The van der Waals surface area contributed by atoms with Crippen LogP contribution >= 0.6 is 0 Å². The molecule has 3 aliphatic carbocycles. The predicted octanol–water partition coefficient (Wildman–Crippen LogP) is 2.44. The molecule has 0 heterocycles. The molecule has 23 heavy (non-hydrogen) atoms. The normalized spacial score (nSPS) is 36.1. The Balaban J connectivity index is 1.43. The number of hydrogen-bond acceptors (Lipinski definition) is 2. The van der Waals surface area contributed by atoms with Crippen LogP contribution < -0.4 is 5.32 Å². The summed E-state index contributed by atoms with van der Waals surface area (Å²) < 4.78 is 0.